The van der Waals surface area contributed by atoms with Crippen molar-refractivity contribution in [3.8, 4) is 55.6 Å². The van der Waals surface area contributed by atoms with Crippen LogP contribution < -0.4 is 0 Å². The van der Waals surface area contributed by atoms with E-state index < -0.39 is 0 Å². The zero-order valence-corrected chi connectivity index (χ0v) is 28.6. The highest BCUT2D eigenvalue weighted by Crippen LogP contribution is 2.39. The number of benzene rings is 10. The van der Waals surface area contributed by atoms with Crippen LogP contribution in [0.25, 0.3) is 98.7 Å². The predicted octanol–water partition coefficient (Wildman–Crippen LogP) is 14.6. The lowest BCUT2D eigenvalue weighted by Gasteiger charge is -2.15. The smallest absolute Gasteiger partial charge is 0.0105 e. The Kier molecular flexibility index (Phi) is 7.25. The standard InChI is InChI=1S/C52H34/c1-3-11-35(12-4-1)43-29-45(39-23-25-51-41(27-39)21-19-37-15-7-9-17-49(37)51)33-47(31-43)48-32-44(36-13-5-2-6-14-36)30-46(34-48)40-24-26-52-42(28-40)22-20-38-16-8-10-18-50(38)52/h1-34H. The minimum absolute atomic E-state index is 1.20. The van der Waals surface area contributed by atoms with Gasteiger partial charge in [0.05, 0.1) is 0 Å². The summed E-state index contributed by atoms with van der Waals surface area (Å²) in [5.41, 5.74) is 12.0. The highest BCUT2D eigenvalue weighted by atomic mass is 14.2. The Morgan fingerprint density at radius 1 is 0.154 bits per heavy atom. The first-order chi connectivity index (χ1) is 25.7. The summed E-state index contributed by atoms with van der Waals surface area (Å²) in [5, 5.41) is 10.2. The lowest BCUT2D eigenvalue weighted by atomic mass is 9.89. The first kappa shape index (κ1) is 30.1. The monoisotopic (exact) mass is 658 g/mol. The lowest BCUT2D eigenvalue weighted by Crippen LogP contribution is -1.89. The first-order valence-electron chi connectivity index (χ1n) is 18.0. The summed E-state index contributed by atoms with van der Waals surface area (Å²) in [6, 6.07) is 75.8. The van der Waals surface area contributed by atoms with Crippen molar-refractivity contribution in [1.29, 1.82) is 0 Å². The normalized spacial score (nSPS) is 11.5. The van der Waals surface area contributed by atoms with E-state index in [0.717, 1.165) is 0 Å². The number of hydrogen-bond donors (Lipinski definition) is 0. The molecular weight excluding hydrogens is 625 g/mol. The van der Waals surface area contributed by atoms with Crippen molar-refractivity contribution in [1.82, 2.24) is 0 Å². The quantitative estimate of drug-likeness (QED) is 0.161. The fraction of sp³-hybridized carbons (Fsp3) is 0. The van der Waals surface area contributed by atoms with Gasteiger partial charge >= 0.3 is 0 Å². The number of fused-ring (bicyclic) bond motifs is 6. The highest BCUT2D eigenvalue weighted by Gasteiger charge is 2.13. The van der Waals surface area contributed by atoms with Crippen LogP contribution in [0.5, 0.6) is 0 Å². The van der Waals surface area contributed by atoms with E-state index in [9.17, 15) is 0 Å². The second-order valence-corrected chi connectivity index (χ2v) is 13.8. The van der Waals surface area contributed by atoms with Gasteiger partial charge in [-0.2, -0.15) is 0 Å². The lowest BCUT2D eigenvalue weighted by molar-refractivity contribution is 1.55. The third-order valence-corrected chi connectivity index (χ3v) is 10.6. The van der Waals surface area contributed by atoms with Crippen LogP contribution in [0.3, 0.4) is 0 Å². The summed E-state index contributed by atoms with van der Waals surface area (Å²) >= 11 is 0. The molecule has 0 atom stereocenters. The van der Waals surface area contributed by atoms with E-state index in [1.54, 1.807) is 0 Å². The van der Waals surface area contributed by atoms with E-state index in [1.165, 1.54) is 98.7 Å². The van der Waals surface area contributed by atoms with E-state index >= 15 is 0 Å². The molecule has 10 rings (SSSR count). The largest absolute Gasteiger partial charge is 0.0622 e. The predicted molar refractivity (Wildman–Crippen MR) is 224 cm³/mol. The third kappa shape index (κ3) is 5.43. The Hall–Kier alpha value is -6.76. The van der Waals surface area contributed by atoms with Crippen LogP contribution in [0.2, 0.25) is 0 Å². The molecule has 0 unspecified atom stereocenters. The van der Waals surface area contributed by atoms with E-state index in [4.69, 9.17) is 0 Å². The van der Waals surface area contributed by atoms with Gasteiger partial charge in [-0.05, 0) is 147 Å². The van der Waals surface area contributed by atoms with E-state index in [-0.39, 0.29) is 0 Å². The second kappa shape index (κ2) is 12.5. The number of hydrogen-bond acceptors (Lipinski definition) is 0. The fourth-order valence-electron chi connectivity index (χ4n) is 7.90. The van der Waals surface area contributed by atoms with Crippen molar-refractivity contribution < 1.29 is 0 Å². The molecule has 10 aromatic carbocycles. The Bertz CT molecular complexity index is 2730. The second-order valence-electron chi connectivity index (χ2n) is 13.8. The van der Waals surface area contributed by atoms with Crippen LogP contribution in [0, 0.1) is 0 Å². The number of rotatable bonds is 5. The van der Waals surface area contributed by atoms with Gasteiger partial charge in [-0.15, -0.1) is 0 Å². The van der Waals surface area contributed by atoms with Crippen molar-refractivity contribution in [2.75, 3.05) is 0 Å². The minimum atomic E-state index is 1.20. The van der Waals surface area contributed by atoms with Crippen molar-refractivity contribution in [3.63, 3.8) is 0 Å². The SMILES string of the molecule is c1ccc(-c2cc(-c3cc(-c4ccccc4)cc(-c4ccc5c(ccc6ccccc65)c4)c3)cc(-c3ccc4c(ccc5ccccc54)c3)c2)cc1. The zero-order valence-electron chi connectivity index (χ0n) is 28.6. The van der Waals surface area contributed by atoms with E-state index in [0.29, 0.717) is 0 Å². The van der Waals surface area contributed by atoms with Crippen molar-refractivity contribution >= 4 is 43.1 Å². The Balaban J connectivity index is 1.17. The topological polar surface area (TPSA) is 0 Å². The van der Waals surface area contributed by atoms with Gasteiger partial charge in [0.25, 0.3) is 0 Å². The summed E-state index contributed by atoms with van der Waals surface area (Å²) in [6.07, 6.45) is 0. The molecule has 0 bridgehead atoms. The van der Waals surface area contributed by atoms with Crippen molar-refractivity contribution in [2.24, 2.45) is 0 Å². The van der Waals surface area contributed by atoms with Gasteiger partial charge in [-0.25, -0.2) is 0 Å². The van der Waals surface area contributed by atoms with Gasteiger partial charge in [-0.3, -0.25) is 0 Å². The molecular formula is C52H34. The third-order valence-electron chi connectivity index (χ3n) is 10.6. The average Bonchev–Trinajstić information content (AvgIpc) is 3.23. The summed E-state index contributed by atoms with van der Waals surface area (Å²) in [7, 11) is 0. The van der Waals surface area contributed by atoms with Gasteiger partial charge < -0.3 is 0 Å². The summed E-state index contributed by atoms with van der Waals surface area (Å²) in [4.78, 5) is 0. The molecule has 0 aliphatic heterocycles. The zero-order chi connectivity index (χ0) is 34.4. The molecule has 0 saturated carbocycles. The Labute approximate surface area is 303 Å². The van der Waals surface area contributed by atoms with E-state index in [1.807, 2.05) is 0 Å². The minimum Gasteiger partial charge on any atom is -0.0622 e. The van der Waals surface area contributed by atoms with Crippen LogP contribution in [0.4, 0.5) is 0 Å². The molecule has 0 amide bonds. The van der Waals surface area contributed by atoms with Gasteiger partial charge in [0, 0.05) is 0 Å². The Morgan fingerprint density at radius 3 is 0.885 bits per heavy atom. The molecule has 0 N–H and O–H groups in total. The van der Waals surface area contributed by atoms with Crippen LogP contribution in [0.15, 0.2) is 206 Å². The van der Waals surface area contributed by atoms with Crippen molar-refractivity contribution in [3.05, 3.63) is 206 Å². The molecule has 0 spiro atoms. The fourth-order valence-corrected chi connectivity index (χ4v) is 7.90. The maximum absolute atomic E-state index is 2.37. The molecule has 0 aliphatic rings. The molecule has 0 heteroatoms. The molecule has 242 valence electrons. The van der Waals surface area contributed by atoms with Gasteiger partial charge in [-0.1, -0.05) is 158 Å². The Morgan fingerprint density at radius 2 is 0.462 bits per heavy atom. The molecule has 0 heterocycles. The van der Waals surface area contributed by atoms with Crippen LogP contribution in [-0.4, -0.2) is 0 Å². The molecule has 0 saturated heterocycles. The summed E-state index contributed by atoms with van der Waals surface area (Å²) in [5.74, 6) is 0. The van der Waals surface area contributed by atoms with Crippen LogP contribution >= 0.6 is 0 Å². The first-order valence-corrected chi connectivity index (χ1v) is 18.0. The maximum atomic E-state index is 2.37. The average molecular weight is 659 g/mol. The summed E-state index contributed by atoms with van der Waals surface area (Å²) < 4.78 is 0. The highest BCUT2D eigenvalue weighted by molar-refractivity contribution is 6.09. The molecule has 52 heavy (non-hydrogen) atoms. The maximum Gasteiger partial charge on any atom is -0.0105 e. The van der Waals surface area contributed by atoms with E-state index in [2.05, 4.69) is 206 Å². The van der Waals surface area contributed by atoms with Gasteiger partial charge in [0.1, 0.15) is 0 Å². The molecule has 0 radical (unpaired) electrons. The molecule has 0 aromatic heterocycles. The van der Waals surface area contributed by atoms with Crippen LogP contribution in [0.1, 0.15) is 0 Å². The summed E-state index contributed by atoms with van der Waals surface area (Å²) in [6.45, 7) is 0. The van der Waals surface area contributed by atoms with Crippen LogP contribution in [-0.2, 0) is 0 Å². The molecule has 0 fully saturated rings. The molecule has 0 aliphatic carbocycles. The van der Waals surface area contributed by atoms with Crippen molar-refractivity contribution in [2.45, 2.75) is 0 Å². The molecule has 10 aromatic rings. The molecule has 0 nitrogen and oxygen atoms in total. The van der Waals surface area contributed by atoms with Gasteiger partial charge in [0.15, 0.2) is 0 Å². The van der Waals surface area contributed by atoms with Gasteiger partial charge in [0.2, 0.25) is 0 Å².